The van der Waals surface area contributed by atoms with Crippen molar-refractivity contribution in [1.29, 1.82) is 0 Å². The van der Waals surface area contributed by atoms with Crippen molar-refractivity contribution in [1.82, 2.24) is 15.1 Å². The van der Waals surface area contributed by atoms with Gasteiger partial charge in [-0.1, -0.05) is 43.7 Å². The van der Waals surface area contributed by atoms with Gasteiger partial charge in [-0.2, -0.15) is 0 Å². The van der Waals surface area contributed by atoms with Crippen molar-refractivity contribution in [2.75, 3.05) is 32.7 Å². The van der Waals surface area contributed by atoms with Crippen LogP contribution in [0.5, 0.6) is 0 Å². The van der Waals surface area contributed by atoms with Crippen molar-refractivity contribution < 1.29 is 9.59 Å². The first-order chi connectivity index (χ1) is 11.9. The molecule has 1 fully saturated rings. The normalized spacial score (nSPS) is 17.8. The highest BCUT2D eigenvalue weighted by molar-refractivity contribution is 5.85. The summed E-state index contributed by atoms with van der Waals surface area (Å²) >= 11 is 0. The van der Waals surface area contributed by atoms with Crippen LogP contribution in [0.15, 0.2) is 30.3 Å². The zero-order chi connectivity index (χ0) is 18.3. The lowest BCUT2D eigenvalue weighted by molar-refractivity contribution is -0.138. The second-order valence-electron chi connectivity index (χ2n) is 7.00. The fraction of sp³-hybridized carbons (Fsp3) is 0.579. The molecular weight excluding hydrogens is 316 g/mol. The summed E-state index contributed by atoms with van der Waals surface area (Å²) in [5.74, 6) is 0.0285. The van der Waals surface area contributed by atoms with Crippen molar-refractivity contribution in [3.63, 3.8) is 0 Å². The molecule has 0 aliphatic carbocycles. The highest BCUT2D eigenvalue weighted by Gasteiger charge is 2.33. The van der Waals surface area contributed by atoms with Crippen LogP contribution < -0.4 is 11.1 Å². The average molecular weight is 346 g/mol. The lowest BCUT2D eigenvalue weighted by atomic mass is 9.95. The van der Waals surface area contributed by atoms with Gasteiger partial charge in [-0.3, -0.25) is 14.5 Å². The van der Waals surface area contributed by atoms with Gasteiger partial charge in [-0.25, -0.2) is 0 Å². The van der Waals surface area contributed by atoms with Gasteiger partial charge in [0.05, 0.1) is 12.1 Å². The number of benzene rings is 1. The topological polar surface area (TPSA) is 78.7 Å². The molecule has 1 aliphatic rings. The van der Waals surface area contributed by atoms with Crippen LogP contribution >= 0.6 is 0 Å². The summed E-state index contributed by atoms with van der Waals surface area (Å²) in [5.41, 5.74) is 6.44. The largest absolute Gasteiger partial charge is 0.351 e. The molecule has 0 spiro atoms. The predicted molar refractivity (Wildman–Crippen MR) is 98.8 cm³/mol. The number of piperazine rings is 1. The second kappa shape index (κ2) is 8.97. The molecule has 25 heavy (non-hydrogen) atoms. The Morgan fingerprint density at radius 1 is 1.16 bits per heavy atom. The quantitative estimate of drug-likeness (QED) is 0.771. The number of hydrogen-bond donors (Lipinski definition) is 2. The molecule has 1 saturated heterocycles. The van der Waals surface area contributed by atoms with E-state index in [0.29, 0.717) is 45.7 Å². The Morgan fingerprint density at radius 3 is 2.40 bits per heavy atom. The van der Waals surface area contributed by atoms with Gasteiger partial charge < -0.3 is 16.0 Å². The van der Waals surface area contributed by atoms with Crippen molar-refractivity contribution >= 4 is 11.8 Å². The van der Waals surface area contributed by atoms with Gasteiger partial charge in [0.15, 0.2) is 0 Å². The average Bonchev–Trinajstić information content (AvgIpc) is 2.61. The Bertz CT molecular complexity index is 566. The lowest BCUT2D eigenvalue weighted by Gasteiger charge is -2.38. The lowest BCUT2D eigenvalue weighted by Crippen LogP contribution is -2.58. The van der Waals surface area contributed by atoms with Crippen molar-refractivity contribution in [2.45, 2.75) is 38.8 Å². The molecule has 0 saturated carbocycles. The summed E-state index contributed by atoms with van der Waals surface area (Å²) in [6, 6.07) is 9.86. The highest BCUT2D eigenvalue weighted by atomic mass is 16.2. The van der Waals surface area contributed by atoms with Gasteiger partial charge in [0.1, 0.15) is 0 Å². The van der Waals surface area contributed by atoms with Crippen LogP contribution in [-0.2, 0) is 16.1 Å². The molecule has 1 aliphatic heterocycles. The van der Waals surface area contributed by atoms with Crippen LogP contribution in [0.3, 0.4) is 0 Å². The maximum atomic E-state index is 12.5. The molecule has 138 valence electrons. The van der Waals surface area contributed by atoms with Crippen LogP contribution in [0.2, 0.25) is 0 Å². The maximum absolute atomic E-state index is 12.5. The van der Waals surface area contributed by atoms with E-state index in [2.05, 4.69) is 10.2 Å². The Labute approximate surface area is 150 Å². The van der Waals surface area contributed by atoms with E-state index in [1.165, 1.54) is 0 Å². The van der Waals surface area contributed by atoms with Gasteiger partial charge in [-0.05, 0) is 18.9 Å². The van der Waals surface area contributed by atoms with Gasteiger partial charge in [0.2, 0.25) is 11.8 Å². The number of nitrogens with two attached hydrogens (primary N) is 1. The Hall–Kier alpha value is -1.92. The molecule has 2 amide bonds. The minimum atomic E-state index is -0.788. The minimum Gasteiger partial charge on any atom is -0.351 e. The molecule has 1 unspecified atom stereocenters. The third kappa shape index (κ3) is 5.83. The molecule has 1 aromatic rings. The number of amides is 2. The molecule has 2 rings (SSSR count). The molecule has 3 N–H and O–H groups in total. The van der Waals surface area contributed by atoms with E-state index in [9.17, 15) is 9.59 Å². The van der Waals surface area contributed by atoms with Gasteiger partial charge >= 0.3 is 0 Å². The predicted octanol–water partition coefficient (Wildman–Crippen LogP) is 0.965. The van der Waals surface area contributed by atoms with Crippen LogP contribution in [0.4, 0.5) is 0 Å². The number of rotatable bonds is 7. The van der Waals surface area contributed by atoms with E-state index in [4.69, 9.17) is 5.73 Å². The van der Waals surface area contributed by atoms with Gasteiger partial charge in [0, 0.05) is 32.7 Å². The number of carbonyl (C=O) groups excluding carboxylic acids is 2. The van der Waals surface area contributed by atoms with Crippen LogP contribution in [0.25, 0.3) is 0 Å². The molecule has 1 heterocycles. The molecule has 0 aromatic heterocycles. The van der Waals surface area contributed by atoms with Gasteiger partial charge in [0.25, 0.3) is 0 Å². The first-order valence-corrected chi connectivity index (χ1v) is 9.03. The van der Waals surface area contributed by atoms with Crippen molar-refractivity contribution in [3.05, 3.63) is 35.9 Å². The molecule has 1 aromatic carbocycles. The van der Waals surface area contributed by atoms with E-state index in [1.54, 1.807) is 0 Å². The smallest absolute Gasteiger partial charge is 0.242 e. The van der Waals surface area contributed by atoms with Crippen molar-refractivity contribution in [3.8, 4) is 0 Å². The Balaban J connectivity index is 1.73. The fourth-order valence-electron chi connectivity index (χ4n) is 3.15. The third-order valence-corrected chi connectivity index (χ3v) is 4.62. The molecule has 1 atom stereocenters. The standard InChI is InChI=1S/C19H30N4O2/c1-3-9-19(2,20)18(25)23-12-10-22(11-13-23)15-17(24)21-14-16-7-5-4-6-8-16/h4-8H,3,9-15,20H2,1-2H3,(H,21,24). The summed E-state index contributed by atoms with van der Waals surface area (Å²) in [6.07, 6.45) is 1.58. The highest BCUT2D eigenvalue weighted by Crippen LogP contribution is 2.14. The second-order valence-corrected chi connectivity index (χ2v) is 7.00. The summed E-state index contributed by atoms with van der Waals surface area (Å²) in [6.45, 7) is 7.40. The van der Waals surface area contributed by atoms with E-state index in [1.807, 2.05) is 49.1 Å². The van der Waals surface area contributed by atoms with Gasteiger partial charge in [-0.15, -0.1) is 0 Å². The SMILES string of the molecule is CCCC(C)(N)C(=O)N1CCN(CC(=O)NCc2ccccc2)CC1. The van der Waals surface area contributed by atoms with E-state index >= 15 is 0 Å². The zero-order valence-electron chi connectivity index (χ0n) is 15.3. The zero-order valence-corrected chi connectivity index (χ0v) is 15.3. The minimum absolute atomic E-state index is 0.0123. The summed E-state index contributed by atoms with van der Waals surface area (Å²) in [4.78, 5) is 28.5. The van der Waals surface area contributed by atoms with Crippen LogP contribution in [0.1, 0.15) is 32.3 Å². The van der Waals surface area contributed by atoms with Crippen molar-refractivity contribution in [2.24, 2.45) is 5.73 Å². The molecule has 6 nitrogen and oxygen atoms in total. The summed E-state index contributed by atoms with van der Waals surface area (Å²) in [7, 11) is 0. The van der Waals surface area contributed by atoms with Crippen LogP contribution in [0, 0.1) is 0 Å². The first kappa shape index (κ1) is 19.4. The molecular formula is C19H30N4O2. The number of carbonyl (C=O) groups is 2. The number of nitrogens with zero attached hydrogens (tertiary/aromatic N) is 2. The van der Waals surface area contributed by atoms with E-state index in [-0.39, 0.29) is 11.8 Å². The summed E-state index contributed by atoms with van der Waals surface area (Å²) in [5, 5.41) is 2.94. The molecule has 6 heteroatoms. The molecule has 0 radical (unpaired) electrons. The third-order valence-electron chi connectivity index (χ3n) is 4.62. The Morgan fingerprint density at radius 2 is 1.80 bits per heavy atom. The molecule has 0 bridgehead atoms. The Kier molecular flexibility index (Phi) is 6.96. The number of nitrogens with one attached hydrogen (secondary N) is 1. The fourth-order valence-corrected chi connectivity index (χ4v) is 3.15. The number of hydrogen-bond acceptors (Lipinski definition) is 4. The first-order valence-electron chi connectivity index (χ1n) is 9.03. The van der Waals surface area contributed by atoms with E-state index in [0.717, 1.165) is 12.0 Å². The van der Waals surface area contributed by atoms with Crippen LogP contribution in [-0.4, -0.2) is 59.9 Å². The van der Waals surface area contributed by atoms with E-state index < -0.39 is 5.54 Å². The summed E-state index contributed by atoms with van der Waals surface area (Å²) < 4.78 is 0. The maximum Gasteiger partial charge on any atom is 0.242 e. The monoisotopic (exact) mass is 346 g/mol.